The molecule has 0 aliphatic heterocycles. The fourth-order valence-corrected chi connectivity index (χ4v) is 1.81. The summed E-state index contributed by atoms with van der Waals surface area (Å²) in [5.41, 5.74) is 6.01. The molecule has 0 saturated carbocycles. The first kappa shape index (κ1) is 10.6. The van der Waals surface area contributed by atoms with Crippen molar-refractivity contribution in [3.63, 3.8) is 0 Å². The van der Waals surface area contributed by atoms with Gasteiger partial charge in [-0.2, -0.15) is 5.10 Å². The van der Waals surface area contributed by atoms with Crippen molar-refractivity contribution in [2.24, 2.45) is 0 Å². The summed E-state index contributed by atoms with van der Waals surface area (Å²) in [7, 11) is 0. The quantitative estimate of drug-likeness (QED) is 0.701. The number of pyridine rings is 1. The molecule has 3 aromatic rings. The lowest BCUT2D eigenvalue weighted by Crippen LogP contribution is -2.23. The van der Waals surface area contributed by atoms with E-state index in [9.17, 15) is 4.79 Å². The van der Waals surface area contributed by atoms with Gasteiger partial charge in [-0.1, -0.05) is 6.07 Å². The predicted octanol–water partition coefficient (Wildman–Crippen LogP) is -0.0251. The van der Waals surface area contributed by atoms with Crippen LogP contribution in [0.2, 0.25) is 0 Å². The third-order valence-electron chi connectivity index (χ3n) is 2.69. The fraction of sp³-hybridized carbons (Fsp3) is 0.182. The lowest BCUT2D eigenvalue weighted by molar-refractivity contribution is 0.490. The molecule has 0 unspecified atom stereocenters. The maximum atomic E-state index is 12.0. The van der Waals surface area contributed by atoms with Crippen molar-refractivity contribution in [2.45, 2.75) is 13.1 Å². The summed E-state index contributed by atoms with van der Waals surface area (Å²) in [6.45, 7) is 1.02. The fourth-order valence-electron chi connectivity index (χ4n) is 1.81. The Balaban J connectivity index is 1.87. The summed E-state index contributed by atoms with van der Waals surface area (Å²) < 4.78 is 4.62. The molecule has 0 aliphatic rings. The van der Waals surface area contributed by atoms with Gasteiger partial charge in [-0.15, -0.1) is 5.10 Å². The zero-order valence-electron chi connectivity index (χ0n) is 9.60. The molecule has 7 heteroatoms. The Labute approximate surface area is 102 Å². The van der Waals surface area contributed by atoms with Crippen LogP contribution < -0.4 is 11.4 Å². The van der Waals surface area contributed by atoms with E-state index in [-0.39, 0.29) is 5.69 Å². The maximum absolute atomic E-state index is 12.0. The molecule has 0 saturated heterocycles. The SMILES string of the molecule is Nc1ccn(CCn2nc3ccccn3c2=O)n1. The monoisotopic (exact) mass is 244 g/mol. The minimum Gasteiger partial charge on any atom is -0.382 e. The van der Waals surface area contributed by atoms with Gasteiger partial charge in [-0.25, -0.2) is 9.48 Å². The molecule has 0 bridgehead atoms. The maximum Gasteiger partial charge on any atom is 0.350 e. The summed E-state index contributed by atoms with van der Waals surface area (Å²) in [5, 5.41) is 8.28. The topological polar surface area (TPSA) is 83.1 Å². The zero-order chi connectivity index (χ0) is 12.5. The van der Waals surface area contributed by atoms with Gasteiger partial charge in [0, 0.05) is 12.4 Å². The number of fused-ring (bicyclic) bond motifs is 1. The van der Waals surface area contributed by atoms with Gasteiger partial charge >= 0.3 is 5.69 Å². The number of nitrogens with two attached hydrogens (primary N) is 1. The number of hydrogen-bond donors (Lipinski definition) is 1. The zero-order valence-corrected chi connectivity index (χ0v) is 9.60. The lowest BCUT2D eigenvalue weighted by atomic mass is 10.5. The Morgan fingerprint density at radius 1 is 1.11 bits per heavy atom. The summed E-state index contributed by atoms with van der Waals surface area (Å²) in [6.07, 6.45) is 3.48. The van der Waals surface area contributed by atoms with Crippen molar-refractivity contribution in [1.82, 2.24) is 24.0 Å². The first-order chi connectivity index (χ1) is 8.74. The molecule has 92 valence electrons. The summed E-state index contributed by atoms with van der Waals surface area (Å²) in [5.74, 6) is 0.470. The van der Waals surface area contributed by atoms with Gasteiger partial charge in [0.2, 0.25) is 0 Å². The highest BCUT2D eigenvalue weighted by Gasteiger charge is 2.05. The highest BCUT2D eigenvalue weighted by atomic mass is 16.2. The van der Waals surface area contributed by atoms with E-state index in [1.807, 2.05) is 6.07 Å². The van der Waals surface area contributed by atoms with Crippen LogP contribution in [0.5, 0.6) is 0 Å². The first-order valence-corrected chi connectivity index (χ1v) is 5.57. The van der Waals surface area contributed by atoms with Crippen molar-refractivity contribution >= 4 is 11.5 Å². The standard InChI is InChI=1S/C11H12N6O/c12-9-4-6-15(13-9)7-8-17-11(18)16-5-2-1-3-10(16)14-17/h1-6H,7-8H2,(H2,12,13). The summed E-state index contributed by atoms with van der Waals surface area (Å²) >= 11 is 0. The van der Waals surface area contributed by atoms with Crippen LogP contribution in [0.15, 0.2) is 41.5 Å². The molecule has 0 aromatic carbocycles. The number of nitrogens with zero attached hydrogens (tertiary/aromatic N) is 5. The Morgan fingerprint density at radius 3 is 2.72 bits per heavy atom. The number of nitrogen functional groups attached to an aromatic ring is 1. The van der Waals surface area contributed by atoms with Crippen LogP contribution in [0.25, 0.3) is 5.65 Å². The van der Waals surface area contributed by atoms with Crippen LogP contribution in [0.3, 0.4) is 0 Å². The van der Waals surface area contributed by atoms with E-state index in [1.165, 1.54) is 9.08 Å². The summed E-state index contributed by atoms with van der Waals surface area (Å²) in [4.78, 5) is 12.0. The molecule has 0 fully saturated rings. The van der Waals surface area contributed by atoms with Gasteiger partial charge in [0.1, 0.15) is 5.82 Å². The van der Waals surface area contributed by atoms with Gasteiger partial charge in [-0.05, 0) is 18.2 Å². The summed E-state index contributed by atoms with van der Waals surface area (Å²) in [6, 6.07) is 7.16. The van der Waals surface area contributed by atoms with Crippen LogP contribution >= 0.6 is 0 Å². The highest BCUT2D eigenvalue weighted by Crippen LogP contribution is 1.98. The number of hydrogen-bond acceptors (Lipinski definition) is 4. The van der Waals surface area contributed by atoms with E-state index >= 15 is 0 Å². The second-order valence-electron chi connectivity index (χ2n) is 3.94. The van der Waals surface area contributed by atoms with Crippen molar-refractivity contribution in [1.29, 1.82) is 0 Å². The van der Waals surface area contributed by atoms with Gasteiger partial charge < -0.3 is 5.73 Å². The van der Waals surface area contributed by atoms with E-state index < -0.39 is 0 Å². The smallest absolute Gasteiger partial charge is 0.350 e. The van der Waals surface area contributed by atoms with Crippen LogP contribution in [-0.2, 0) is 13.1 Å². The molecule has 0 atom stereocenters. The van der Waals surface area contributed by atoms with Crippen molar-refractivity contribution in [3.05, 3.63) is 47.1 Å². The molecule has 0 radical (unpaired) electrons. The lowest BCUT2D eigenvalue weighted by Gasteiger charge is -1.99. The minimum absolute atomic E-state index is 0.147. The molecule has 0 aliphatic carbocycles. The van der Waals surface area contributed by atoms with E-state index in [0.717, 1.165) is 0 Å². The van der Waals surface area contributed by atoms with Gasteiger partial charge in [0.25, 0.3) is 0 Å². The molecule has 7 nitrogen and oxygen atoms in total. The number of rotatable bonds is 3. The Morgan fingerprint density at radius 2 is 2.00 bits per heavy atom. The largest absolute Gasteiger partial charge is 0.382 e. The molecule has 3 aromatic heterocycles. The Kier molecular flexibility index (Phi) is 2.36. The van der Waals surface area contributed by atoms with E-state index in [2.05, 4.69) is 10.2 Å². The van der Waals surface area contributed by atoms with Gasteiger partial charge in [0.05, 0.1) is 13.1 Å². The number of anilines is 1. The second kappa shape index (κ2) is 4.02. The van der Waals surface area contributed by atoms with E-state index in [0.29, 0.717) is 24.6 Å². The molecular weight excluding hydrogens is 232 g/mol. The molecule has 2 N–H and O–H groups in total. The van der Waals surface area contributed by atoms with Gasteiger partial charge in [-0.3, -0.25) is 9.08 Å². The molecule has 0 amide bonds. The third kappa shape index (κ3) is 1.75. The van der Waals surface area contributed by atoms with E-state index in [1.54, 1.807) is 35.3 Å². The van der Waals surface area contributed by atoms with Crippen LogP contribution in [0.4, 0.5) is 5.82 Å². The third-order valence-corrected chi connectivity index (χ3v) is 2.69. The van der Waals surface area contributed by atoms with E-state index in [4.69, 9.17) is 5.73 Å². The molecule has 0 spiro atoms. The van der Waals surface area contributed by atoms with Crippen molar-refractivity contribution in [2.75, 3.05) is 5.73 Å². The number of aryl methyl sites for hydroxylation is 2. The Hall–Kier alpha value is -2.57. The minimum atomic E-state index is -0.147. The van der Waals surface area contributed by atoms with Crippen LogP contribution in [0, 0.1) is 0 Å². The van der Waals surface area contributed by atoms with Crippen molar-refractivity contribution in [3.8, 4) is 0 Å². The van der Waals surface area contributed by atoms with Crippen LogP contribution in [0.1, 0.15) is 0 Å². The normalized spacial score (nSPS) is 11.1. The van der Waals surface area contributed by atoms with Crippen LogP contribution in [-0.4, -0.2) is 24.0 Å². The number of aromatic nitrogens is 5. The average Bonchev–Trinajstić information content (AvgIpc) is 2.92. The van der Waals surface area contributed by atoms with Crippen molar-refractivity contribution < 1.29 is 0 Å². The average molecular weight is 244 g/mol. The molecule has 3 rings (SSSR count). The Bertz CT molecular complexity index is 737. The molecule has 3 heterocycles. The predicted molar refractivity (Wildman–Crippen MR) is 66.1 cm³/mol. The molecular formula is C11H12N6O. The highest BCUT2D eigenvalue weighted by molar-refractivity contribution is 5.35. The second-order valence-corrected chi connectivity index (χ2v) is 3.94. The first-order valence-electron chi connectivity index (χ1n) is 5.57. The molecule has 18 heavy (non-hydrogen) atoms. The van der Waals surface area contributed by atoms with Gasteiger partial charge in [0.15, 0.2) is 5.65 Å².